The molecule has 6 heteroatoms. The standard InChI is InChI=1S/C20H23BN2O2S.C2H6/c1-14-6-8-15(9-7-14)26-23-13-11-16-17(10-12-22-18(16)23)21-24-19(2,3)20(4,5)25-21;1-2/h6-13H,1-5H3;1-2H3. The summed E-state index contributed by atoms with van der Waals surface area (Å²) in [7, 11) is -0.384. The first-order chi connectivity index (χ1) is 13.3. The minimum atomic E-state index is -0.384. The number of nitrogens with zero attached hydrogens (tertiary/aromatic N) is 2. The van der Waals surface area contributed by atoms with Crippen molar-refractivity contribution in [2.45, 2.75) is 64.6 Å². The van der Waals surface area contributed by atoms with Gasteiger partial charge in [0, 0.05) is 22.7 Å². The van der Waals surface area contributed by atoms with Crippen LogP contribution in [-0.4, -0.2) is 27.3 Å². The summed E-state index contributed by atoms with van der Waals surface area (Å²) in [4.78, 5) is 5.77. The van der Waals surface area contributed by atoms with Gasteiger partial charge in [0.25, 0.3) is 0 Å². The van der Waals surface area contributed by atoms with Crippen molar-refractivity contribution in [1.29, 1.82) is 0 Å². The van der Waals surface area contributed by atoms with Gasteiger partial charge in [0.15, 0.2) is 0 Å². The number of rotatable bonds is 3. The highest BCUT2D eigenvalue weighted by atomic mass is 32.2. The van der Waals surface area contributed by atoms with Gasteiger partial charge in [0.1, 0.15) is 5.65 Å². The predicted octanol–water partition coefficient (Wildman–Crippen LogP) is 5.23. The fourth-order valence-electron chi connectivity index (χ4n) is 3.00. The summed E-state index contributed by atoms with van der Waals surface area (Å²) in [6, 6.07) is 12.6. The maximum Gasteiger partial charge on any atom is 0.495 e. The lowest BCUT2D eigenvalue weighted by atomic mass is 9.78. The molecule has 0 aliphatic carbocycles. The lowest BCUT2D eigenvalue weighted by Gasteiger charge is -2.32. The van der Waals surface area contributed by atoms with E-state index in [1.165, 1.54) is 10.5 Å². The molecule has 0 spiro atoms. The zero-order valence-electron chi connectivity index (χ0n) is 17.8. The molecule has 1 aliphatic rings. The topological polar surface area (TPSA) is 36.3 Å². The van der Waals surface area contributed by atoms with E-state index in [2.05, 4.69) is 80.1 Å². The number of fused-ring (bicyclic) bond motifs is 1. The van der Waals surface area contributed by atoms with Crippen LogP contribution in [0.1, 0.15) is 47.1 Å². The Hall–Kier alpha value is -1.76. The molecule has 28 heavy (non-hydrogen) atoms. The second kappa shape index (κ2) is 7.93. The van der Waals surface area contributed by atoms with Crippen LogP contribution in [0.2, 0.25) is 0 Å². The van der Waals surface area contributed by atoms with Gasteiger partial charge in [-0.2, -0.15) is 0 Å². The van der Waals surface area contributed by atoms with Gasteiger partial charge in [-0.3, -0.25) is 3.97 Å². The summed E-state index contributed by atoms with van der Waals surface area (Å²) in [5, 5.41) is 1.06. The SMILES string of the molecule is CC.Cc1ccc(Sn2ccc3c(B4OC(C)(C)C(C)(C)O4)ccnc32)cc1. The van der Waals surface area contributed by atoms with Gasteiger partial charge in [-0.25, -0.2) is 4.98 Å². The third-order valence-electron chi connectivity index (χ3n) is 5.32. The fraction of sp³-hybridized carbons (Fsp3) is 0.409. The van der Waals surface area contributed by atoms with E-state index in [0.717, 1.165) is 16.5 Å². The number of hydrogen-bond donors (Lipinski definition) is 0. The van der Waals surface area contributed by atoms with E-state index >= 15 is 0 Å². The molecule has 0 N–H and O–H groups in total. The second-order valence-electron chi connectivity index (χ2n) is 7.77. The van der Waals surface area contributed by atoms with Crippen molar-refractivity contribution in [2.75, 3.05) is 0 Å². The molecular weight excluding hydrogens is 367 g/mol. The predicted molar refractivity (Wildman–Crippen MR) is 119 cm³/mol. The molecular formula is C22H29BN2O2S. The average Bonchev–Trinajstić information content (AvgIpc) is 3.16. The molecule has 4 rings (SSSR count). The Balaban J connectivity index is 0.00000109. The van der Waals surface area contributed by atoms with Gasteiger partial charge in [-0.1, -0.05) is 31.5 Å². The third-order valence-corrected chi connectivity index (χ3v) is 6.29. The van der Waals surface area contributed by atoms with Crippen molar-refractivity contribution in [1.82, 2.24) is 8.96 Å². The van der Waals surface area contributed by atoms with Crippen LogP contribution in [0.3, 0.4) is 0 Å². The summed E-state index contributed by atoms with van der Waals surface area (Å²) >= 11 is 1.66. The van der Waals surface area contributed by atoms with Crippen molar-refractivity contribution < 1.29 is 9.31 Å². The van der Waals surface area contributed by atoms with Crippen molar-refractivity contribution in [3.8, 4) is 0 Å². The molecule has 3 heterocycles. The Morgan fingerprint density at radius 2 is 1.54 bits per heavy atom. The number of aryl methyl sites for hydroxylation is 1. The van der Waals surface area contributed by atoms with Crippen LogP contribution in [0.25, 0.3) is 11.0 Å². The Kier molecular flexibility index (Phi) is 5.94. The van der Waals surface area contributed by atoms with Crippen LogP contribution < -0.4 is 5.46 Å². The maximum atomic E-state index is 6.23. The Morgan fingerprint density at radius 1 is 0.929 bits per heavy atom. The van der Waals surface area contributed by atoms with E-state index in [0.29, 0.717) is 0 Å². The molecule has 3 aromatic rings. The first-order valence-corrected chi connectivity index (χ1v) is 10.6. The van der Waals surface area contributed by atoms with Gasteiger partial charge in [-0.05, 0) is 76.3 Å². The van der Waals surface area contributed by atoms with Gasteiger partial charge in [-0.15, -0.1) is 0 Å². The van der Waals surface area contributed by atoms with Crippen molar-refractivity contribution in [2.24, 2.45) is 0 Å². The number of benzene rings is 1. The second-order valence-corrected chi connectivity index (χ2v) is 8.82. The Bertz CT molecular complexity index is 935. The normalized spacial score (nSPS) is 17.5. The molecule has 4 nitrogen and oxygen atoms in total. The summed E-state index contributed by atoms with van der Waals surface area (Å²) in [6.07, 6.45) is 3.88. The van der Waals surface area contributed by atoms with Crippen molar-refractivity contribution >= 4 is 35.6 Å². The van der Waals surface area contributed by atoms with E-state index in [1.54, 1.807) is 11.9 Å². The van der Waals surface area contributed by atoms with Gasteiger partial charge in [0.2, 0.25) is 0 Å². The first kappa shape index (κ1) is 21.0. The summed E-state index contributed by atoms with van der Waals surface area (Å²) in [6.45, 7) is 14.4. The summed E-state index contributed by atoms with van der Waals surface area (Å²) in [5.41, 5.74) is 2.49. The van der Waals surface area contributed by atoms with E-state index < -0.39 is 0 Å². The molecule has 0 amide bonds. The van der Waals surface area contributed by atoms with Crippen LogP contribution in [0.5, 0.6) is 0 Å². The van der Waals surface area contributed by atoms with Crippen LogP contribution in [0.15, 0.2) is 53.7 Å². The Labute approximate surface area is 172 Å². The third kappa shape index (κ3) is 3.86. The largest absolute Gasteiger partial charge is 0.495 e. The Morgan fingerprint density at radius 3 is 2.14 bits per heavy atom. The van der Waals surface area contributed by atoms with E-state index in [9.17, 15) is 0 Å². The lowest BCUT2D eigenvalue weighted by Crippen LogP contribution is -2.41. The van der Waals surface area contributed by atoms with E-state index in [4.69, 9.17) is 9.31 Å². The molecule has 0 unspecified atom stereocenters. The minimum absolute atomic E-state index is 0.355. The van der Waals surface area contributed by atoms with Gasteiger partial charge >= 0.3 is 7.12 Å². The van der Waals surface area contributed by atoms with Crippen LogP contribution in [0.4, 0.5) is 0 Å². The molecule has 2 aromatic heterocycles. The van der Waals surface area contributed by atoms with Gasteiger partial charge in [0.05, 0.1) is 11.2 Å². The molecule has 1 aliphatic heterocycles. The average molecular weight is 396 g/mol. The van der Waals surface area contributed by atoms with Gasteiger partial charge < -0.3 is 9.31 Å². The zero-order valence-corrected chi connectivity index (χ0v) is 18.6. The van der Waals surface area contributed by atoms with E-state index in [1.807, 2.05) is 26.1 Å². The molecule has 1 fully saturated rings. The van der Waals surface area contributed by atoms with Crippen LogP contribution >= 0.6 is 11.9 Å². The van der Waals surface area contributed by atoms with Crippen molar-refractivity contribution in [3.63, 3.8) is 0 Å². The molecule has 0 saturated carbocycles. The molecule has 148 valence electrons. The minimum Gasteiger partial charge on any atom is -0.399 e. The molecule has 1 saturated heterocycles. The highest BCUT2D eigenvalue weighted by Gasteiger charge is 2.52. The zero-order chi connectivity index (χ0) is 20.5. The summed E-state index contributed by atoms with van der Waals surface area (Å²) < 4.78 is 14.6. The smallest absolute Gasteiger partial charge is 0.399 e. The van der Waals surface area contributed by atoms with Crippen LogP contribution in [0, 0.1) is 6.92 Å². The molecule has 1 aromatic carbocycles. The van der Waals surface area contributed by atoms with E-state index in [-0.39, 0.29) is 18.3 Å². The number of aromatic nitrogens is 2. The quantitative estimate of drug-likeness (QED) is 0.569. The van der Waals surface area contributed by atoms with Crippen LogP contribution in [-0.2, 0) is 9.31 Å². The first-order valence-electron chi connectivity index (χ1n) is 9.83. The van der Waals surface area contributed by atoms with Crippen molar-refractivity contribution in [3.05, 3.63) is 54.4 Å². The highest BCUT2D eigenvalue weighted by Crippen LogP contribution is 2.37. The summed E-state index contributed by atoms with van der Waals surface area (Å²) in [5.74, 6) is 0. The number of pyridine rings is 1. The highest BCUT2D eigenvalue weighted by molar-refractivity contribution is 7.98. The maximum absolute atomic E-state index is 6.23. The molecule has 0 atom stereocenters. The fourth-order valence-corrected chi connectivity index (χ4v) is 3.84. The number of hydrogen-bond acceptors (Lipinski definition) is 4. The monoisotopic (exact) mass is 396 g/mol. The molecule has 0 radical (unpaired) electrons. The molecule has 0 bridgehead atoms. The lowest BCUT2D eigenvalue weighted by molar-refractivity contribution is 0.00578.